The fourth-order valence-corrected chi connectivity index (χ4v) is 2.14. The first-order valence-corrected chi connectivity index (χ1v) is 4.84. The van der Waals surface area contributed by atoms with Crippen LogP contribution in [0.1, 0.15) is 39.5 Å². The van der Waals surface area contributed by atoms with Crippen molar-refractivity contribution >= 4 is 5.97 Å². The van der Waals surface area contributed by atoms with Crippen LogP contribution in [0.4, 0.5) is 0 Å². The fraction of sp³-hybridized carbons (Fsp3) is 0.900. The molecule has 3 unspecified atom stereocenters. The van der Waals surface area contributed by atoms with E-state index in [1.54, 1.807) is 0 Å². The van der Waals surface area contributed by atoms with Crippen molar-refractivity contribution in [2.24, 2.45) is 17.8 Å². The number of carbonyl (C=O) groups is 1. The lowest BCUT2D eigenvalue weighted by Crippen LogP contribution is -2.25. The molecule has 12 heavy (non-hydrogen) atoms. The molecule has 1 aliphatic rings. The summed E-state index contributed by atoms with van der Waals surface area (Å²) < 4.78 is 0. The summed E-state index contributed by atoms with van der Waals surface area (Å²) in [4.78, 5) is 10.7. The van der Waals surface area contributed by atoms with Crippen molar-refractivity contribution in [3.63, 3.8) is 0 Å². The highest BCUT2D eigenvalue weighted by Crippen LogP contribution is 2.33. The van der Waals surface area contributed by atoms with E-state index in [4.69, 9.17) is 5.11 Å². The van der Waals surface area contributed by atoms with Crippen molar-refractivity contribution in [2.45, 2.75) is 39.5 Å². The van der Waals surface area contributed by atoms with E-state index >= 15 is 0 Å². The third-order valence-electron chi connectivity index (χ3n) is 3.07. The maximum absolute atomic E-state index is 10.7. The zero-order valence-electron chi connectivity index (χ0n) is 7.92. The van der Waals surface area contributed by atoms with Crippen molar-refractivity contribution in [1.29, 1.82) is 0 Å². The van der Waals surface area contributed by atoms with E-state index in [0.717, 1.165) is 18.8 Å². The van der Waals surface area contributed by atoms with Gasteiger partial charge in [-0.3, -0.25) is 4.79 Å². The Balaban J connectivity index is 2.45. The molecule has 0 aromatic heterocycles. The summed E-state index contributed by atoms with van der Waals surface area (Å²) in [6.45, 7) is 4.06. The van der Waals surface area contributed by atoms with Gasteiger partial charge >= 0.3 is 5.97 Å². The summed E-state index contributed by atoms with van der Waals surface area (Å²) in [6, 6.07) is 0. The molecule has 1 rings (SSSR count). The molecule has 0 spiro atoms. The Morgan fingerprint density at radius 2 is 2.17 bits per heavy atom. The Kier molecular flexibility index (Phi) is 3.12. The van der Waals surface area contributed by atoms with E-state index < -0.39 is 5.97 Å². The lowest BCUT2D eigenvalue weighted by molar-refractivity contribution is -0.143. The van der Waals surface area contributed by atoms with Crippen molar-refractivity contribution < 1.29 is 9.90 Å². The maximum atomic E-state index is 10.7. The lowest BCUT2D eigenvalue weighted by Gasteiger charge is -2.29. The van der Waals surface area contributed by atoms with E-state index in [1.165, 1.54) is 12.8 Å². The normalized spacial score (nSPS) is 32.8. The predicted molar refractivity (Wildman–Crippen MR) is 47.9 cm³/mol. The second-order valence-corrected chi connectivity index (χ2v) is 4.16. The number of hydrogen-bond donors (Lipinski definition) is 1. The molecule has 0 amide bonds. The highest BCUT2D eigenvalue weighted by atomic mass is 16.4. The van der Waals surface area contributed by atoms with Crippen LogP contribution >= 0.6 is 0 Å². The van der Waals surface area contributed by atoms with Gasteiger partial charge in [0.2, 0.25) is 0 Å². The van der Waals surface area contributed by atoms with Crippen molar-refractivity contribution in [3.05, 3.63) is 0 Å². The zero-order chi connectivity index (χ0) is 9.14. The molecular formula is C10H18O2. The minimum absolute atomic E-state index is 0.146. The molecule has 0 aliphatic heterocycles. The molecule has 0 aromatic carbocycles. The number of carboxylic acids is 1. The van der Waals surface area contributed by atoms with Crippen molar-refractivity contribution in [3.8, 4) is 0 Å². The van der Waals surface area contributed by atoms with E-state index in [1.807, 2.05) is 6.92 Å². The summed E-state index contributed by atoms with van der Waals surface area (Å²) in [6.07, 6.45) is 4.71. The second kappa shape index (κ2) is 3.92. The van der Waals surface area contributed by atoms with Gasteiger partial charge in [-0.1, -0.05) is 26.7 Å². The third kappa shape index (κ3) is 2.23. The van der Waals surface area contributed by atoms with E-state index in [-0.39, 0.29) is 5.92 Å². The summed E-state index contributed by atoms with van der Waals surface area (Å²) in [5.41, 5.74) is 0. The zero-order valence-corrected chi connectivity index (χ0v) is 7.92. The first-order chi connectivity index (χ1) is 5.61. The maximum Gasteiger partial charge on any atom is 0.306 e. The Hall–Kier alpha value is -0.530. The molecule has 0 heterocycles. The number of hydrogen-bond acceptors (Lipinski definition) is 1. The first kappa shape index (κ1) is 9.56. The highest BCUT2D eigenvalue weighted by Gasteiger charge is 2.27. The van der Waals surface area contributed by atoms with Gasteiger partial charge in [0, 0.05) is 0 Å². The standard InChI is InChI=1S/C10H18O2/c1-7-4-3-5-9(6-7)8(2)10(11)12/h7-9H,3-6H2,1-2H3,(H,11,12). The lowest BCUT2D eigenvalue weighted by atomic mass is 9.76. The molecule has 0 radical (unpaired) electrons. The van der Waals surface area contributed by atoms with Crippen molar-refractivity contribution in [1.82, 2.24) is 0 Å². The van der Waals surface area contributed by atoms with Crippen LogP contribution in [0, 0.1) is 17.8 Å². The molecule has 1 aliphatic carbocycles. The summed E-state index contributed by atoms with van der Waals surface area (Å²) in [7, 11) is 0. The third-order valence-corrected chi connectivity index (χ3v) is 3.07. The van der Waals surface area contributed by atoms with Crippen LogP contribution in [0.25, 0.3) is 0 Å². The van der Waals surface area contributed by atoms with Crippen LogP contribution in [0.3, 0.4) is 0 Å². The Morgan fingerprint density at radius 1 is 1.50 bits per heavy atom. The van der Waals surface area contributed by atoms with Gasteiger partial charge in [0.05, 0.1) is 5.92 Å². The topological polar surface area (TPSA) is 37.3 Å². The van der Waals surface area contributed by atoms with Crippen LogP contribution in [0.2, 0.25) is 0 Å². The number of carboxylic acid groups (broad SMARTS) is 1. The molecule has 70 valence electrons. The smallest absolute Gasteiger partial charge is 0.306 e. The Labute approximate surface area is 74.0 Å². The molecule has 2 heteroatoms. The van der Waals surface area contributed by atoms with Crippen LogP contribution in [-0.4, -0.2) is 11.1 Å². The predicted octanol–water partition coefficient (Wildman–Crippen LogP) is 2.53. The second-order valence-electron chi connectivity index (χ2n) is 4.16. The number of aliphatic carboxylic acids is 1. The van der Waals surface area contributed by atoms with Gasteiger partial charge in [-0.2, -0.15) is 0 Å². The average molecular weight is 170 g/mol. The average Bonchev–Trinajstić information content (AvgIpc) is 2.03. The van der Waals surface area contributed by atoms with E-state index in [9.17, 15) is 4.79 Å². The van der Waals surface area contributed by atoms with Gasteiger partial charge in [0.1, 0.15) is 0 Å². The highest BCUT2D eigenvalue weighted by molar-refractivity contribution is 5.69. The summed E-state index contributed by atoms with van der Waals surface area (Å²) >= 11 is 0. The molecule has 0 saturated heterocycles. The first-order valence-electron chi connectivity index (χ1n) is 4.84. The molecule has 1 N–H and O–H groups in total. The van der Waals surface area contributed by atoms with Crippen LogP contribution < -0.4 is 0 Å². The van der Waals surface area contributed by atoms with E-state index in [2.05, 4.69) is 6.92 Å². The van der Waals surface area contributed by atoms with Crippen LogP contribution in [0.15, 0.2) is 0 Å². The molecule has 1 fully saturated rings. The minimum atomic E-state index is -0.630. The van der Waals surface area contributed by atoms with E-state index in [0.29, 0.717) is 5.92 Å². The minimum Gasteiger partial charge on any atom is -0.481 e. The van der Waals surface area contributed by atoms with Gasteiger partial charge in [-0.25, -0.2) is 0 Å². The van der Waals surface area contributed by atoms with Gasteiger partial charge in [0.25, 0.3) is 0 Å². The van der Waals surface area contributed by atoms with Crippen molar-refractivity contribution in [2.75, 3.05) is 0 Å². The van der Waals surface area contributed by atoms with Gasteiger partial charge in [-0.05, 0) is 24.7 Å². The molecular weight excluding hydrogens is 152 g/mol. The molecule has 1 saturated carbocycles. The largest absolute Gasteiger partial charge is 0.481 e. The molecule has 0 bridgehead atoms. The SMILES string of the molecule is CC1CCCC(C(C)C(=O)O)C1. The van der Waals surface area contributed by atoms with Gasteiger partial charge in [0.15, 0.2) is 0 Å². The monoisotopic (exact) mass is 170 g/mol. The summed E-state index contributed by atoms with van der Waals surface area (Å²) in [5.74, 6) is 0.374. The fourth-order valence-electron chi connectivity index (χ4n) is 2.14. The Morgan fingerprint density at radius 3 is 2.67 bits per heavy atom. The van der Waals surface area contributed by atoms with Crippen LogP contribution in [0.5, 0.6) is 0 Å². The molecule has 0 aromatic rings. The number of rotatable bonds is 2. The summed E-state index contributed by atoms with van der Waals surface area (Å²) in [5, 5.41) is 8.82. The van der Waals surface area contributed by atoms with Gasteiger partial charge in [-0.15, -0.1) is 0 Å². The molecule has 3 atom stereocenters. The van der Waals surface area contributed by atoms with Crippen LogP contribution in [-0.2, 0) is 4.79 Å². The molecule has 2 nitrogen and oxygen atoms in total. The van der Waals surface area contributed by atoms with Gasteiger partial charge < -0.3 is 5.11 Å². The quantitative estimate of drug-likeness (QED) is 0.691. The Bertz CT molecular complexity index is 165.